The maximum atomic E-state index is 11.9. The highest BCUT2D eigenvalue weighted by atomic mass is 79.9. The molecule has 5 nitrogen and oxygen atoms in total. The SMILES string of the molecule is O=C(Nc1cccc(Br)c1)NC1CCC(C(=O)O)CC1. The van der Waals surface area contributed by atoms with Crippen molar-refractivity contribution in [2.24, 2.45) is 5.92 Å². The molecule has 20 heavy (non-hydrogen) atoms. The number of carboxylic acids is 1. The lowest BCUT2D eigenvalue weighted by atomic mass is 9.86. The van der Waals surface area contributed by atoms with Gasteiger partial charge in [0.2, 0.25) is 0 Å². The van der Waals surface area contributed by atoms with Crippen molar-refractivity contribution in [2.45, 2.75) is 31.7 Å². The first-order valence-electron chi connectivity index (χ1n) is 6.60. The molecule has 0 aromatic heterocycles. The predicted octanol–water partition coefficient (Wildman–Crippen LogP) is 3.21. The fraction of sp³-hybridized carbons (Fsp3) is 0.429. The van der Waals surface area contributed by atoms with Crippen LogP contribution in [0.5, 0.6) is 0 Å². The third-order valence-corrected chi connectivity index (χ3v) is 3.99. The van der Waals surface area contributed by atoms with Crippen LogP contribution < -0.4 is 10.6 Å². The predicted molar refractivity (Wildman–Crippen MR) is 79.7 cm³/mol. The zero-order chi connectivity index (χ0) is 14.5. The zero-order valence-electron chi connectivity index (χ0n) is 10.9. The van der Waals surface area contributed by atoms with E-state index in [9.17, 15) is 9.59 Å². The lowest BCUT2D eigenvalue weighted by molar-refractivity contribution is -0.142. The van der Waals surface area contributed by atoms with Gasteiger partial charge in [-0.2, -0.15) is 0 Å². The number of rotatable bonds is 3. The van der Waals surface area contributed by atoms with E-state index < -0.39 is 5.97 Å². The summed E-state index contributed by atoms with van der Waals surface area (Å²) in [6.45, 7) is 0. The first-order valence-corrected chi connectivity index (χ1v) is 7.40. The summed E-state index contributed by atoms with van der Waals surface area (Å²) in [6, 6.07) is 7.17. The lowest BCUT2D eigenvalue weighted by Crippen LogP contribution is -2.40. The van der Waals surface area contributed by atoms with Gasteiger partial charge >= 0.3 is 12.0 Å². The van der Waals surface area contributed by atoms with Crippen LogP contribution in [0, 0.1) is 5.92 Å². The summed E-state index contributed by atoms with van der Waals surface area (Å²) in [6.07, 6.45) is 2.67. The van der Waals surface area contributed by atoms with Crippen molar-refractivity contribution in [1.82, 2.24) is 5.32 Å². The minimum atomic E-state index is -0.734. The van der Waals surface area contributed by atoms with Gasteiger partial charge in [-0.1, -0.05) is 22.0 Å². The Bertz CT molecular complexity index is 499. The molecular formula is C14H17BrN2O3. The largest absolute Gasteiger partial charge is 0.481 e. The van der Waals surface area contributed by atoms with Gasteiger partial charge in [0.25, 0.3) is 0 Å². The number of urea groups is 1. The molecule has 0 aliphatic heterocycles. The van der Waals surface area contributed by atoms with Crippen molar-refractivity contribution in [3.8, 4) is 0 Å². The molecule has 3 N–H and O–H groups in total. The number of anilines is 1. The molecule has 0 radical (unpaired) electrons. The van der Waals surface area contributed by atoms with Crippen LogP contribution in [-0.2, 0) is 4.79 Å². The number of hydrogen-bond donors (Lipinski definition) is 3. The third-order valence-electron chi connectivity index (χ3n) is 3.49. The third kappa shape index (κ3) is 4.23. The van der Waals surface area contributed by atoms with Gasteiger partial charge in [0.05, 0.1) is 5.92 Å². The van der Waals surface area contributed by atoms with Crippen LogP contribution in [0.25, 0.3) is 0 Å². The van der Waals surface area contributed by atoms with Crippen molar-refractivity contribution in [2.75, 3.05) is 5.32 Å². The normalized spacial score (nSPS) is 22.1. The highest BCUT2D eigenvalue weighted by molar-refractivity contribution is 9.10. The van der Waals surface area contributed by atoms with Crippen LogP contribution in [0.2, 0.25) is 0 Å². The van der Waals surface area contributed by atoms with E-state index in [-0.39, 0.29) is 18.0 Å². The quantitative estimate of drug-likeness (QED) is 0.790. The second kappa shape index (κ2) is 6.74. The average Bonchev–Trinajstić information content (AvgIpc) is 2.39. The zero-order valence-corrected chi connectivity index (χ0v) is 12.5. The average molecular weight is 341 g/mol. The first-order chi connectivity index (χ1) is 9.54. The second-order valence-corrected chi connectivity index (χ2v) is 5.91. The van der Waals surface area contributed by atoms with E-state index in [0.717, 1.165) is 10.2 Å². The van der Waals surface area contributed by atoms with Crippen LogP contribution in [0.1, 0.15) is 25.7 Å². The molecule has 1 fully saturated rings. The maximum absolute atomic E-state index is 11.9. The van der Waals surface area contributed by atoms with Crippen molar-refractivity contribution >= 4 is 33.6 Å². The topological polar surface area (TPSA) is 78.4 Å². The summed E-state index contributed by atoms with van der Waals surface area (Å²) in [5.74, 6) is -0.997. The van der Waals surface area contributed by atoms with E-state index in [4.69, 9.17) is 5.11 Å². The van der Waals surface area contributed by atoms with Crippen molar-refractivity contribution in [1.29, 1.82) is 0 Å². The number of carbonyl (C=O) groups is 2. The van der Waals surface area contributed by atoms with Gasteiger partial charge in [0, 0.05) is 16.2 Å². The Kier molecular flexibility index (Phi) is 5.00. The van der Waals surface area contributed by atoms with E-state index >= 15 is 0 Å². The van der Waals surface area contributed by atoms with Gasteiger partial charge in [0.15, 0.2) is 0 Å². The minimum absolute atomic E-state index is 0.0535. The number of halogens is 1. The molecule has 1 aliphatic carbocycles. The Hall–Kier alpha value is -1.56. The number of aliphatic carboxylic acids is 1. The van der Waals surface area contributed by atoms with Crippen LogP contribution >= 0.6 is 15.9 Å². The molecule has 2 amide bonds. The molecule has 0 saturated heterocycles. The number of benzene rings is 1. The number of hydrogen-bond acceptors (Lipinski definition) is 2. The molecule has 1 aromatic rings. The van der Waals surface area contributed by atoms with Crippen LogP contribution in [-0.4, -0.2) is 23.1 Å². The monoisotopic (exact) mass is 340 g/mol. The maximum Gasteiger partial charge on any atom is 0.319 e. The molecule has 1 aliphatic rings. The van der Waals surface area contributed by atoms with Crippen molar-refractivity contribution < 1.29 is 14.7 Å². The van der Waals surface area contributed by atoms with E-state index in [1.807, 2.05) is 24.3 Å². The number of carboxylic acid groups (broad SMARTS) is 1. The Morgan fingerprint density at radius 2 is 1.90 bits per heavy atom. The summed E-state index contributed by atoms with van der Waals surface area (Å²) in [7, 11) is 0. The van der Waals surface area contributed by atoms with Crippen LogP contribution in [0.4, 0.5) is 10.5 Å². The molecule has 1 aromatic carbocycles. The van der Waals surface area contributed by atoms with Gasteiger partial charge in [-0.3, -0.25) is 4.79 Å². The number of nitrogens with one attached hydrogen (secondary N) is 2. The summed E-state index contributed by atoms with van der Waals surface area (Å²) < 4.78 is 0.900. The summed E-state index contributed by atoms with van der Waals surface area (Å²) in [5, 5.41) is 14.6. The lowest BCUT2D eigenvalue weighted by Gasteiger charge is -2.26. The molecule has 1 saturated carbocycles. The van der Waals surface area contributed by atoms with Crippen LogP contribution in [0.15, 0.2) is 28.7 Å². The summed E-state index contributed by atoms with van der Waals surface area (Å²) in [4.78, 5) is 22.7. The summed E-state index contributed by atoms with van der Waals surface area (Å²) in [5.41, 5.74) is 0.719. The molecule has 0 spiro atoms. The molecule has 0 heterocycles. The van der Waals surface area contributed by atoms with E-state index in [1.165, 1.54) is 0 Å². The molecule has 6 heteroatoms. The molecular weight excluding hydrogens is 324 g/mol. The Balaban J connectivity index is 1.80. The van der Waals surface area contributed by atoms with Crippen molar-refractivity contribution in [3.05, 3.63) is 28.7 Å². The smallest absolute Gasteiger partial charge is 0.319 e. The molecule has 0 bridgehead atoms. The second-order valence-electron chi connectivity index (χ2n) is 5.00. The van der Waals surface area contributed by atoms with E-state index in [2.05, 4.69) is 26.6 Å². The fourth-order valence-electron chi connectivity index (χ4n) is 2.40. The van der Waals surface area contributed by atoms with Gasteiger partial charge in [-0.05, 0) is 43.9 Å². The highest BCUT2D eigenvalue weighted by Gasteiger charge is 2.26. The number of amides is 2. The Morgan fingerprint density at radius 1 is 1.20 bits per heavy atom. The van der Waals surface area contributed by atoms with E-state index in [0.29, 0.717) is 25.7 Å². The van der Waals surface area contributed by atoms with Gasteiger partial charge in [-0.15, -0.1) is 0 Å². The Morgan fingerprint density at radius 3 is 2.50 bits per heavy atom. The number of carbonyl (C=O) groups excluding carboxylic acids is 1. The van der Waals surface area contributed by atoms with Gasteiger partial charge < -0.3 is 15.7 Å². The standard InChI is InChI=1S/C14H17BrN2O3/c15-10-2-1-3-12(8-10)17-14(20)16-11-6-4-9(5-7-11)13(18)19/h1-3,8-9,11H,4-7H2,(H,18,19)(H2,16,17,20). The minimum Gasteiger partial charge on any atom is -0.481 e. The van der Waals surface area contributed by atoms with Gasteiger partial charge in [0.1, 0.15) is 0 Å². The summed E-state index contributed by atoms with van der Waals surface area (Å²) >= 11 is 3.34. The van der Waals surface area contributed by atoms with Gasteiger partial charge in [-0.25, -0.2) is 4.79 Å². The Labute approximate surface area is 125 Å². The molecule has 2 rings (SSSR count). The molecule has 108 valence electrons. The fourth-order valence-corrected chi connectivity index (χ4v) is 2.80. The highest BCUT2D eigenvalue weighted by Crippen LogP contribution is 2.24. The van der Waals surface area contributed by atoms with Crippen molar-refractivity contribution in [3.63, 3.8) is 0 Å². The van der Waals surface area contributed by atoms with E-state index in [1.54, 1.807) is 0 Å². The first kappa shape index (κ1) is 14.8. The molecule has 0 unspecified atom stereocenters. The van der Waals surface area contributed by atoms with Crippen LogP contribution in [0.3, 0.4) is 0 Å². The molecule has 0 atom stereocenters.